The van der Waals surface area contributed by atoms with E-state index in [9.17, 15) is 27.9 Å². The summed E-state index contributed by atoms with van der Waals surface area (Å²) >= 11 is 0. The van der Waals surface area contributed by atoms with Gasteiger partial charge in [0.2, 0.25) is 0 Å². The van der Waals surface area contributed by atoms with Crippen LogP contribution in [0.25, 0.3) is 0 Å². The highest BCUT2D eigenvalue weighted by Crippen LogP contribution is 2.29. The second-order valence-electron chi connectivity index (χ2n) is 5.84. The third kappa shape index (κ3) is 5.47. The van der Waals surface area contributed by atoms with Crippen LogP contribution in [0.5, 0.6) is 5.75 Å². The van der Waals surface area contributed by atoms with Gasteiger partial charge in [0.25, 0.3) is 5.91 Å². The Balaban J connectivity index is 2.08. The van der Waals surface area contributed by atoms with Crippen molar-refractivity contribution in [2.24, 2.45) is 5.92 Å². The largest absolute Gasteiger partial charge is 0.496 e. The molecule has 2 aromatic rings. The summed E-state index contributed by atoms with van der Waals surface area (Å²) < 4.78 is 43.4. The number of halogens is 3. The molecule has 0 aliphatic heterocycles. The maximum atomic E-state index is 12.7. The van der Waals surface area contributed by atoms with E-state index in [0.29, 0.717) is 11.3 Å². The molecule has 0 heterocycles. The lowest BCUT2D eigenvalue weighted by Gasteiger charge is -2.16. The Morgan fingerprint density at radius 2 is 1.85 bits per heavy atom. The van der Waals surface area contributed by atoms with Crippen molar-refractivity contribution in [2.45, 2.75) is 12.6 Å². The molecule has 5 nitrogen and oxygen atoms in total. The fourth-order valence-electron chi connectivity index (χ4n) is 2.54. The van der Waals surface area contributed by atoms with Gasteiger partial charge in [0.1, 0.15) is 5.75 Å². The van der Waals surface area contributed by atoms with Gasteiger partial charge in [-0.3, -0.25) is 9.59 Å². The molecule has 0 aromatic heterocycles. The van der Waals surface area contributed by atoms with Crippen molar-refractivity contribution in [3.8, 4) is 5.75 Å². The quantitative estimate of drug-likeness (QED) is 0.771. The highest BCUT2D eigenvalue weighted by atomic mass is 19.4. The third-order valence-electron chi connectivity index (χ3n) is 3.97. The van der Waals surface area contributed by atoms with Crippen LogP contribution in [0.2, 0.25) is 0 Å². The zero-order valence-electron chi connectivity index (χ0n) is 14.4. The van der Waals surface area contributed by atoms with Crippen LogP contribution in [0.1, 0.15) is 21.5 Å². The molecule has 0 aliphatic carbocycles. The molecule has 1 amide bonds. The zero-order chi connectivity index (χ0) is 20.0. The molecule has 8 heteroatoms. The number of carbonyl (C=O) groups excluding carboxylic acids is 1. The number of aliphatic carboxylic acids is 1. The first-order chi connectivity index (χ1) is 12.7. The molecular formula is C19H18F3NO4. The fraction of sp³-hybridized carbons (Fsp3) is 0.263. The van der Waals surface area contributed by atoms with Crippen LogP contribution in [-0.2, 0) is 17.4 Å². The van der Waals surface area contributed by atoms with Gasteiger partial charge in [-0.05, 0) is 36.2 Å². The molecule has 0 saturated carbocycles. The van der Waals surface area contributed by atoms with E-state index >= 15 is 0 Å². The Morgan fingerprint density at radius 3 is 2.48 bits per heavy atom. The molecule has 1 unspecified atom stereocenters. The number of hydrogen-bond acceptors (Lipinski definition) is 3. The first kappa shape index (κ1) is 20.3. The number of methoxy groups -OCH3 is 1. The topological polar surface area (TPSA) is 75.6 Å². The Labute approximate surface area is 153 Å². The fourth-order valence-corrected chi connectivity index (χ4v) is 2.54. The minimum atomic E-state index is -4.57. The number of para-hydroxylation sites is 1. The minimum Gasteiger partial charge on any atom is -0.496 e. The maximum absolute atomic E-state index is 12.7. The molecule has 2 rings (SSSR count). The van der Waals surface area contributed by atoms with Gasteiger partial charge in [-0.1, -0.05) is 24.3 Å². The van der Waals surface area contributed by atoms with Crippen LogP contribution >= 0.6 is 0 Å². The van der Waals surface area contributed by atoms with Crippen LogP contribution < -0.4 is 10.1 Å². The van der Waals surface area contributed by atoms with Gasteiger partial charge in [0, 0.05) is 12.1 Å². The van der Waals surface area contributed by atoms with E-state index < -0.39 is 29.5 Å². The second-order valence-corrected chi connectivity index (χ2v) is 5.84. The van der Waals surface area contributed by atoms with Gasteiger partial charge >= 0.3 is 12.1 Å². The third-order valence-corrected chi connectivity index (χ3v) is 3.97. The van der Waals surface area contributed by atoms with E-state index in [1.165, 1.54) is 13.2 Å². The van der Waals surface area contributed by atoms with Gasteiger partial charge < -0.3 is 15.2 Å². The highest BCUT2D eigenvalue weighted by molar-refractivity contribution is 5.94. The summed E-state index contributed by atoms with van der Waals surface area (Å²) in [6.07, 6.45) is -4.47. The Morgan fingerprint density at radius 1 is 1.15 bits per heavy atom. The number of carboxylic acids is 1. The molecule has 0 bridgehead atoms. The lowest BCUT2D eigenvalue weighted by molar-refractivity contribution is -0.141. The number of rotatable bonds is 7. The van der Waals surface area contributed by atoms with Crippen LogP contribution in [0, 0.1) is 5.92 Å². The highest BCUT2D eigenvalue weighted by Gasteiger charge is 2.31. The summed E-state index contributed by atoms with van der Waals surface area (Å²) in [5.74, 6) is -2.35. The normalized spacial score (nSPS) is 12.3. The summed E-state index contributed by atoms with van der Waals surface area (Å²) in [4.78, 5) is 23.6. The zero-order valence-corrected chi connectivity index (χ0v) is 14.4. The summed E-state index contributed by atoms with van der Waals surface area (Å²) in [5, 5.41) is 11.8. The summed E-state index contributed by atoms with van der Waals surface area (Å²) in [6, 6.07) is 10.8. The van der Waals surface area contributed by atoms with Gasteiger partial charge in [-0.2, -0.15) is 13.2 Å². The Bertz CT molecular complexity index is 821. The van der Waals surface area contributed by atoms with Crippen molar-refractivity contribution in [3.05, 3.63) is 65.2 Å². The molecule has 2 N–H and O–H groups in total. The predicted octanol–water partition coefficient (Wildman–Crippen LogP) is 3.39. The van der Waals surface area contributed by atoms with Gasteiger partial charge in [-0.15, -0.1) is 0 Å². The smallest absolute Gasteiger partial charge is 0.416 e. The van der Waals surface area contributed by atoms with Crippen molar-refractivity contribution in [1.82, 2.24) is 5.32 Å². The second kappa shape index (κ2) is 8.57. The van der Waals surface area contributed by atoms with E-state index in [4.69, 9.17) is 4.74 Å². The average molecular weight is 381 g/mol. The molecule has 0 aliphatic rings. The predicted molar refractivity (Wildman–Crippen MR) is 91.6 cm³/mol. The van der Waals surface area contributed by atoms with E-state index in [1.54, 1.807) is 24.3 Å². The number of ether oxygens (including phenoxy) is 1. The number of benzene rings is 2. The summed E-state index contributed by atoms with van der Waals surface area (Å²) in [5.41, 5.74) is -0.481. The number of amides is 1. The number of carboxylic acid groups (broad SMARTS) is 1. The molecule has 144 valence electrons. The molecule has 0 fully saturated rings. The first-order valence-electron chi connectivity index (χ1n) is 8.02. The van der Waals surface area contributed by atoms with Crippen LogP contribution in [0.3, 0.4) is 0 Å². The number of carbonyl (C=O) groups is 2. The van der Waals surface area contributed by atoms with E-state index in [1.807, 2.05) is 0 Å². The van der Waals surface area contributed by atoms with E-state index in [2.05, 4.69) is 5.32 Å². The molecular weight excluding hydrogens is 363 g/mol. The van der Waals surface area contributed by atoms with Crippen LogP contribution in [-0.4, -0.2) is 30.6 Å². The Hall–Kier alpha value is -3.03. The van der Waals surface area contributed by atoms with E-state index in [0.717, 1.165) is 18.2 Å². The molecule has 27 heavy (non-hydrogen) atoms. The first-order valence-corrected chi connectivity index (χ1v) is 8.02. The number of nitrogens with one attached hydrogen (secondary N) is 1. The van der Waals surface area contributed by atoms with E-state index in [-0.39, 0.29) is 18.5 Å². The van der Waals surface area contributed by atoms with Crippen LogP contribution in [0.4, 0.5) is 13.2 Å². The molecule has 1 atom stereocenters. The molecule has 2 aromatic carbocycles. The van der Waals surface area contributed by atoms with Gasteiger partial charge in [0.15, 0.2) is 0 Å². The average Bonchev–Trinajstić information content (AvgIpc) is 2.64. The molecule has 0 saturated heterocycles. The Kier molecular flexibility index (Phi) is 6.44. The standard InChI is InChI=1S/C19H18F3NO4/c1-27-16-8-3-2-5-12(16)9-14(18(25)26)11-23-17(24)13-6-4-7-15(10-13)19(20,21)22/h2-8,10,14H,9,11H2,1H3,(H,23,24)(H,25,26). The van der Waals surface area contributed by atoms with Crippen molar-refractivity contribution in [2.75, 3.05) is 13.7 Å². The maximum Gasteiger partial charge on any atom is 0.416 e. The van der Waals surface area contributed by atoms with Crippen molar-refractivity contribution >= 4 is 11.9 Å². The van der Waals surface area contributed by atoms with Gasteiger partial charge in [0.05, 0.1) is 18.6 Å². The minimum absolute atomic E-state index is 0.0994. The lowest BCUT2D eigenvalue weighted by Crippen LogP contribution is -2.34. The number of hydrogen-bond donors (Lipinski definition) is 2. The lowest BCUT2D eigenvalue weighted by atomic mass is 9.98. The van der Waals surface area contributed by atoms with Crippen LogP contribution in [0.15, 0.2) is 48.5 Å². The SMILES string of the molecule is COc1ccccc1CC(CNC(=O)c1cccc(C(F)(F)F)c1)C(=O)O. The van der Waals surface area contributed by atoms with Crippen molar-refractivity contribution in [1.29, 1.82) is 0 Å². The number of alkyl halides is 3. The van der Waals surface area contributed by atoms with Crippen molar-refractivity contribution in [3.63, 3.8) is 0 Å². The summed E-state index contributed by atoms with van der Waals surface area (Å²) in [6.45, 7) is -0.234. The molecule has 0 spiro atoms. The molecule has 0 radical (unpaired) electrons. The monoisotopic (exact) mass is 381 g/mol. The van der Waals surface area contributed by atoms with Crippen molar-refractivity contribution < 1.29 is 32.6 Å². The summed E-state index contributed by atoms with van der Waals surface area (Å²) in [7, 11) is 1.46. The van der Waals surface area contributed by atoms with Gasteiger partial charge in [-0.25, -0.2) is 0 Å².